The van der Waals surface area contributed by atoms with Crippen LogP contribution in [-0.4, -0.2) is 28.8 Å². The summed E-state index contributed by atoms with van der Waals surface area (Å²) in [6.45, 7) is 2.04. The molecule has 0 spiro atoms. The number of carbonyl (C=O) groups excluding carboxylic acids is 1. The first-order valence-electron chi connectivity index (χ1n) is 5.73. The van der Waals surface area contributed by atoms with E-state index in [0.717, 1.165) is 25.2 Å². The van der Waals surface area contributed by atoms with Crippen LogP contribution in [0.5, 0.6) is 0 Å². The Kier molecular flexibility index (Phi) is 3.56. The van der Waals surface area contributed by atoms with Crippen LogP contribution in [0.3, 0.4) is 0 Å². The molecule has 2 rings (SSSR count). The first-order chi connectivity index (χ1) is 7.74. The third kappa shape index (κ3) is 3.06. The zero-order chi connectivity index (χ0) is 11.4. The van der Waals surface area contributed by atoms with Gasteiger partial charge in [0.1, 0.15) is 0 Å². The topological polar surface area (TPSA) is 59.0 Å². The van der Waals surface area contributed by atoms with Gasteiger partial charge in [0.05, 0.1) is 11.9 Å². The average molecular weight is 222 g/mol. The summed E-state index contributed by atoms with van der Waals surface area (Å²) < 4.78 is 1.68. The maximum Gasteiger partial charge on any atom is 0.224 e. The van der Waals surface area contributed by atoms with E-state index in [1.807, 2.05) is 7.05 Å². The molecule has 1 aliphatic heterocycles. The van der Waals surface area contributed by atoms with E-state index in [2.05, 4.69) is 15.7 Å². The lowest BCUT2D eigenvalue weighted by Crippen LogP contribution is -2.32. The molecule has 0 bridgehead atoms. The minimum atomic E-state index is 0.0849. The Bertz CT molecular complexity index is 355. The van der Waals surface area contributed by atoms with Gasteiger partial charge in [0.2, 0.25) is 5.91 Å². The number of nitrogens with one attached hydrogen (secondary N) is 2. The van der Waals surface area contributed by atoms with Crippen molar-refractivity contribution in [2.75, 3.05) is 18.4 Å². The van der Waals surface area contributed by atoms with E-state index in [1.165, 1.54) is 6.42 Å². The largest absolute Gasteiger partial charge is 0.323 e. The zero-order valence-electron chi connectivity index (χ0n) is 9.57. The number of piperidine rings is 1. The number of nitrogens with zero attached hydrogens (tertiary/aromatic N) is 2. The number of aromatic nitrogens is 2. The highest BCUT2D eigenvalue weighted by molar-refractivity contribution is 5.90. The first-order valence-corrected chi connectivity index (χ1v) is 5.73. The van der Waals surface area contributed by atoms with E-state index in [4.69, 9.17) is 0 Å². The van der Waals surface area contributed by atoms with Gasteiger partial charge in [0, 0.05) is 19.7 Å². The van der Waals surface area contributed by atoms with E-state index in [9.17, 15) is 4.79 Å². The van der Waals surface area contributed by atoms with E-state index in [0.29, 0.717) is 12.3 Å². The lowest BCUT2D eigenvalue weighted by molar-refractivity contribution is -0.117. The van der Waals surface area contributed by atoms with E-state index in [-0.39, 0.29) is 5.91 Å². The molecule has 1 aromatic rings. The fourth-order valence-corrected chi connectivity index (χ4v) is 2.06. The molecule has 1 atom stereocenters. The summed E-state index contributed by atoms with van der Waals surface area (Å²) in [5.74, 6) is 0.562. The summed E-state index contributed by atoms with van der Waals surface area (Å²) in [6, 6.07) is 0. The molecule has 1 saturated heterocycles. The number of hydrogen-bond donors (Lipinski definition) is 2. The van der Waals surface area contributed by atoms with Crippen molar-refractivity contribution in [3.63, 3.8) is 0 Å². The molecule has 2 heterocycles. The Morgan fingerprint density at radius 1 is 1.75 bits per heavy atom. The summed E-state index contributed by atoms with van der Waals surface area (Å²) in [5, 5.41) is 10.2. The van der Waals surface area contributed by atoms with Gasteiger partial charge >= 0.3 is 0 Å². The maximum atomic E-state index is 11.7. The normalized spacial score (nSPS) is 20.7. The number of carbonyl (C=O) groups is 1. The van der Waals surface area contributed by atoms with Gasteiger partial charge in [-0.1, -0.05) is 0 Å². The molecule has 88 valence electrons. The highest BCUT2D eigenvalue weighted by atomic mass is 16.1. The Hall–Kier alpha value is -1.36. The molecule has 1 unspecified atom stereocenters. The van der Waals surface area contributed by atoms with Crippen LogP contribution in [0.15, 0.2) is 12.4 Å². The molecule has 0 radical (unpaired) electrons. The Morgan fingerprint density at radius 2 is 2.62 bits per heavy atom. The van der Waals surface area contributed by atoms with Crippen LogP contribution >= 0.6 is 0 Å². The number of amides is 1. The molecule has 1 amide bonds. The SMILES string of the molecule is Cn1cc(NC(=O)CC2CCCNC2)cn1. The molecule has 5 heteroatoms. The summed E-state index contributed by atoms with van der Waals surface area (Å²) in [5.41, 5.74) is 0.774. The highest BCUT2D eigenvalue weighted by Crippen LogP contribution is 2.15. The molecule has 5 nitrogen and oxygen atoms in total. The van der Waals surface area contributed by atoms with Gasteiger partial charge in [-0.2, -0.15) is 5.10 Å². The van der Waals surface area contributed by atoms with Crippen molar-refractivity contribution in [2.45, 2.75) is 19.3 Å². The smallest absolute Gasteiger partial charge is 0.224 e. The van der Waals surface area contributed by atoms with Gasteiger partial charge in [-0.05, 0) is 31.8 Å². The highest BCUT2D eigenvalue weighted by Gasteiger charge is 2.16. The molecule has 16 heavy (non-hydrogen) atoms. The van der Waals surface area contributed by atoms with Gasteiger partial charge in [0.15, 0.2) is 0 Å². The molecular weight excluding hydrogens is 204 g/mol. The number of hydrogen-bond acceptors (Lipinski definition) is 3. The average Bonchev–Trinajstić information content (AvgIpc) is 2.65. The molecule has 1 aliphatic rings. The van der Waals surface area contributed by atoms with Gasteiger partial charge in [-0.15, -0.1) is 0 Å². The van der Waals surface area contributed by atoms with Crippen LogP contribution in [0.4, 0.5) is 5.69 Å². The molecule has 1 aromatic heterocycles. The van der Waals surface area contributed by atoms with Crippen LogP contribution in [0.25, 0.3) is 0 Å². The van der Waals surface area contributed by atoms with Gasteiger partial charge in [-0.3, -0.25) is 9.48 Å². The third-order valence-electron chi connectivity index (χ3n) is 2.86. The van der Waals surface area contributed by atoms with Crippen molar-refractivity contribution >= 4 is 11.6 Å². The lowest BCUT2D eigenvalue weighted by atomic mass is 9.96. The standard InChI is InChI=1S/C11H18N4O/c1-15-8-10(7-13-15)14-11(16)5-9-3-2-4-12-6-9/h7-9,12H,2-6H2,1H3,(H,14,16). The van der Waals surface area contributed by atoms with Crippen molar-refractivity contribution in [1.29, 1.82) is 0 Å². The molecule has 2 N–H and O–H groups in total. The second-order valence-corrected chi connectivity index (χ2v) is 4.37. The quantitative estimate of drug-likeness (QED) is 0.793. The number of rotatable bonds is 3. The Morgan fingerprint density at radius 3 is 3.25 bits per heavy atom. The molecule has 0 aliphatic carbocycles. The van der Waals surface area contributed by atoms with Crippen molar-refractivity contribution in [3.05, 3.63) is 12.4 Å². The summed E-state index contributed by atoms with van der Waals surface area (Å²) in [7, 11) is 1.83. The second-order valence-electron chi connectivity index (χ2n) is 4.37. The minimum absolute atomic E-state index is 0.0849. The predicted molar refractivity (Wildman–Crippen MR) is 62.0 cm³/mol. The summed E-state index contributed by atoms with van der Waals surface area (Å²) >= 11 is 0. The van der Waals surface area contributed by atoms with Gasteiger partial charge in [0.25, 0.3) is 0 Å². The van der Waals surface area contributed by atoms with Crippen molar-refractivity contribution in [3.8, 4) is 0 Å². The monoisotopic (exact) mass is 222 g/mol. The van der Waals surface area contributed by atoms with Gasteiger partial charge < -0.3 is 10.6 Å². The second kappa shape index (κ2) is 5.12. The van der Waals surface area contributed by atoms with E-state index in [1.54, 1.807) is 17.1 Å². The Labute approximate surface area is 95.2 Å². The van der Waals surface area contributed by atoms with E-state index >= 15 is 0 Å². The lowest BCUT2D eigenvalue weighted by Gasteiger charge is -2.21. The summed E-state index contributed by atoms with van der Waals surface area (Å²) in [6.07, 6.45) is 6.38. The molecular formula is C11H18N4O. The van der Waals surface area contributed by atoms with Crippen LogP contribution in [0.2, 0.25) is 0 Å². The fraction of sp³-hybridized carbons (Fsp3) is 0.636. The number of anilines is 1. The Balaban J connectivity index is 1.79. The molecule has 1 fully saturated rings. The fourth-order valence-electron chi connectivity index (χ4n) is 2.06. The van der Waals surface area contributed by atoms with Crippen molar-refractivity contribution < 1.29 is 4.79 Å². The van der Waals surface area contributed by atoms with Crippen molar-refractivity contribution in [2.24, 2.45) is 13.0 Å². The zero-order valence-corrected chi connectivity index (χ0v) is 9.57. The third-order valence-corrected chi connectivity index (χ3v) is 2.86. The van der Waals surface area contributed by atoms with Crippen LogP contribution in [-0.2, 0) is 11.8 Å². The maximum absolute atomic E-state index is 11.7. The van der Waals surface area contributed by atoms with Crippen LogP contribution in [0.1, 0.15) is 19.3 Å². The molecule has 0 aromatic carbocycles. The van der Waals surface area contributed by atoms with Crippen LogP contribution in [0, 0.1) is 5.92 Å². The van der Waals surface area contributed by atoms with Crippen molar-refractivity contribution in [1.82, 2.24) is 15.1 Å². The van der Waals surface area contributed by atoms with Crippen LogP contribution < -0.4 is 10.6 Å². The first kappa shape index (κ1) is 11.1. The number of aryl methyl sites for hydroxylation is 1. The predicted octanol–water partition coefficient (Wildman–Crippen LogP) is 0.748. The minimum Gasteiger partial charge on any atom is -0.323 e. The van der Waals surface area contributed by atoms with Gasteiger partial charge in [-0.25, -0.2) is 0 Å². The van der Waals surface area contributed by atoms with E-state index < -0.39 is 0 Å². The summed E-state index contributed by atoms with van der Waals surface area (Å²) in [4.78, 5) is 11.7. The molecule has 0 saturated carbocycles.